The number of urea groups is 1. The molecule has 1 atom stereocenters. The summed E-state index contributed by atoms with van der Waals surface area (Å²) in [6.07, 6.45) is 1.81. The van der Waals surface area contributed by atoms with E-state index >= 15 is 0 Å². The van der Waals surface area contributed by atoms with Gasteiger partial charge in [0, 0.05) is 37.7 Å². The van der Waals surface area contributed by atoms with E-state index in [9.17, 15) is 19.9 Å². The van der Waals surface area contributed by atoms with E-state index in [1.54, 1.807) is 12.1 Å². The number of piperazine rings is 1. The zero-order valence-electron chi connectivity index (χ0n) is 23.0. The molecular weight excluding hydrogens is 544 g/mol. The number of hydrogen-bond acceptors (Lipinski definition) is 6. The van der Waals surface area contributed by atoms with E-state index in [0.717, 1.165) is 36.8 Å². The molecule has 1 fully saturated rings. The van der Waals surface area contributed by atoms with E-state index in [0.29, 0.717) is 43.2 Å². The zero-order chi connectivity index (χ0) is 29.2. The van der Waals surface area contributed by atoms with Gasteiger partial charge in [-0.05, 0) is 60.2 Å². The Hall–Kier alpha value is -3.63. The molecule has 1 aliphatic rings. The summed E-state index contributed by atoms with van der Waals surface area (Å²) in [5.41, 5.74) is 8.44. The molecule has 4 rings (SSSR count). The minimum absolute atomic E-state index is 0.127. The predicted octanol–water partition coefficient (Wildman–Crippen LogP) is 4.92. The topological polar surface area (TPSA) is 120 Å². The van der Waals surface area contributed by atoms with Gasteiger partial charge in [0.05, 0.1) is 12.6 Å². The first kappa shape index (κ1) is 30.3. The molecular formula is C31H37ClN4O5. The molecule has 1 saturated heterocycles. The standard InChI is InChI=1S/C31H37ClN4O5/c32-26-12-10-25(11-13-26)29(24-7-2-1-3-8-24)35-18-16-34(17-19-35)20-21-41-28-14-9-23(22-27(28)30(37)38)6-4-5-15-36(40)31(33)39/h1-3,7-14,22,29,40H,4-6,15-21H2,(H2,33,39)(H,37,38)/t29-/m1/s1. The van der Waals surface area contributed by atoms with Crippen LogP contribution in [0.25, 0.3) is 0 Å². The first-order valence-electron chi connectivity index (χ1n) is 13.8. The maximum atomic E-state index is 11.9. The average Bonchev–Trinajstić information content (AvgIpc) is 2.98. The number of amides is 2. The number of hydroxylamine groups is 2. The predicted molar refractivity (Wildman–Crippen MR) is 158 cm³/mol. The normalized spacial score (nSPS) is 14.9. The lowest BCUT2D eigenvalue weighted by atomic mass is 9.96. The second kappa shape index (κ2) is 14.8. The fourth-order valence-corrected chi connectivity index (χ4v) is 5.28. The molecule has 4 N–H and O–H groups in total. The Bertz CT molecular complexity index is 1280. The molecule has 0 aromatic heterocycles. The van der Waals surface area contributed by atoms with Gasteiger partial charge in [0.1, 0.15) is 17.9 Å². The Morgan fingerprint density at radius 3 is 2.29 bits per heavy atom. The summed E-state index contributed by atoms with van der Waals surface area (Å²) in [6, 6.07) is 23.0. The Labute approximate surface area is 245 Å². The van der Waals surface area contributed by atoms with E-state index < -0.39 is 12.0 Å². The Morgan fingerprint density at radius 1 is 0.951 bits per heavy atom. The van der Waals surface area contributed by atoms with Crippen LogP contribution in [0.2, 0.25) is 5.02 Å². The molecule has 0 aliphatic carbocycles. The van der Waals surface area contributed by atoms with Crippen LogP contribution in [0.4, 0.5) is 4.79 Å². The van der Waals surface area contributed by atoms with Crippen molar-refractivity contribution in [2.24, 2.45) is 5.73 Å². The van der Waals surface area contributed by atoms with Crippen molar-refractivity contribution in [1.29, 1.82) is 0 Å². The van der Waals surface area contributed by atoms with Gasteiger partial charge in [0.15, 0.2) is 0 Å². The van der Waals surface area contributed by atoms with E-state index in [1.807, 2.05) is 24.3 Å². The van der Waals surface area contributed by atoms with Crippen molar-refractivity contribution in [1.82, 2.24) is 14.9 Å². The van der Waals surface area contributed by atoms with Gasteiger partial charge < -0.3 is 15.6 Å². The van der Waals surface area contributed by atoms with Crippen LogP contribution in [-0.2, 0) is 6.42 Å². The molecule has 41 heavy (non-hydrogen) atoms. The first-order chi connectivity index (χ1) is 19.8. The largest absolute Gasteiger partial charge is 0.491 e. The number of hydrogen-bond donors (Lipinski definition) is 3. The van der Waals surface area contributed by atoms with Gasteiger partial charge in [-0.25, -0.2) is 14.7 Å². The van der Waals surface area contributed by atoms with Crippen molar-refractivity contribution in [3.63, 3.8) is 0 Å². The molecule has 0 saturated carbocycles. The Morgan fingerprint density at radius 2 is 1.63 bits per heavy atom. The number of aromatic carboxylic acids is 1. The summed E-state index contributed by atoms with van der Waals surface area (Å²) in [5.74, 6) is -0.693. The highest BCUT2D eigenvalue weighted by molar-refractivity contribution is 6.30. The number of nitrogens with two attached hydrogens (primary N) is 1. The van der Waals surface area contributed by atoms with Gasteiger partial charge in [-0.15, -0.1) is 0 Å². The summed E-state index contributed by atoms with van der Waals surface area (Å²) < 4.78 is 5.92. The van der Waals surface area contributed by atoms with E-state index in [-0.39, 0.29) is 18.2 Å². The SMILES string of the molecule is NC(=O)N(O)CCCCc1ccc(OCCN2CCN([C@H](c3ccccc3)c3ccc(Cl)cc3)CC2)c(C(=O)O)c1. The van der Waals surface area contributed by atoms with Crippen molar-refractivity contribution in [3.05, 3.63) is 100 Å². The fourth-order valence-electron chi connectivity index (χ4n) is 5.15. The number of ether oxygens (including phenoxy) is 1. The van der Waals surface area contributed by atoms with E-state index in [4.69, 9.17) is 22.1 Å². The van der Waals surface area contributed by atoms with Crippen LogP contribution in [0.3, 0.4) is 0 Å². The van der Waals surface area contributed by atoms with Crippen molar-refractivity contribution in [2.75, 3.05) is 45.9 Å². The van der Waals surface area contributed by atoms with E-state index in [2.05, 4.69) is 46.2 Å². The van der Waals surface area contributed by atoms with Gasteiger partial charge in [0.2, 0.25) is 0 Å². The van der Waals surface area contributed by atoms with Gasteiger partial charge in [-0.3, -0.25) is 15.0 Å². The first-order valence-corrected chi connectivity index (χ1v) is 14.2. The van der Waals surface area contributed by atoms with Crippen LogP contribution in [0.15, 0.2) is 72.8 Å². The maximum absolute atomic E-state index is 11.9. The van der Waals surface area contributed by atoms with Crippen molar-refractivity contribution in [2.45, 2.75) is 25.3 Å². The lowest BCUT2D eigenvalue weighted by molar-refractivity contribution is -0.0402. The molecule has 0 radical (unpaired) electrons. The lowest BCUT2D eigenvalue weighted by Gasteiger charge is -2.39. The third-order valence-corrected chi connectivity index (χ3v) is 7.60. The van der Waals surface area contributed by atoms with Gasteiger partial charge in [-0.1, -0.05) is 60.1 Å². The number of primary amides is 1. The van der Waals surface area contributed by atoms with Crippen molar-refractivity contribution in [3.8, 4) is 5.75 Å². The highest BCUT2D eigenvalue weighted by Gasteiger charge is 2.26. The maximum Gasteiger partial charge on any atom is 0.339 e. The third kappa shape index (κ3) is 8.68. The Balaban J connectivity index is 1.28. The fraction of sp³-hybridized carbons (Fsp3) is 0.355. The summed E-state index contributed by atoms with van der Waals surface area (Å²) in [7, 11) is 0. The molecule has 1 aliphatic heterocycles. The van der Waals surface area contributed by atoms with Crippen molar-refractivity contribution < 1.29 is 24.6 Å². The number of carbonyl (C=O) groups is 2. The number of nitrogens with zero attached hydrogens (tertiary/aromatic N) is 3. The monoisotopic (exact) mass is 580 g/mol. The van der Waals surface area contributed by atoms with Crippen LogP contribution in [0.5, 0.6) is 5.75 Å². The number of aryl methyl sites for hydroxylation is 1. The Kier molecular flexibility index (Phi) is 11.0. The second-order valence-corrected chi connectivity index (χ2v) is 10.6. The smallest absolute Gasteiger partial charge is 0.339 e. The number of carbonyl (C=O) groups excluding carboxylic acids is 1. The molecule has 10 heteroatoms. The quantitative estimate of drug-likeness (QED) is 0.149. The van der Waals surface area contributed by atoms with Crippen LogP contribution in [0.1, 0.15) is 45.9 Å². The molecule has 3 aromatic carbocycles. The number of halogens is 1. The molecule has 3 aromatic rings. The third-order valence-electron chi connectivity index (χ3n) is 7.35. The molecule has 0 unspecified atom stereocenters. The molecule has 1 heterocycles. The minimum atomic E-state index is -1.04. The summed E-state index contributed by atoms with van der Waals surface area (Å²) >= 11 is 6.15. The molecule has 2 amide bonds. The van der Waals surface area contributed by atoms with Gasteiger partial charge >= 0.3 is 12.0 Å². The molecule has 0 spiro atoms. The number of carboxylic acid groups (broad SMARTS) is 1. The summed E-state index contributed by atoms with van der Waals surface area (Å²) in [5, 5.41) is 20.3. The van der Waals surface area contributed by atoms with Gasteiger partial charge in [-0.2, -0.15) is 0 Å². The van der Waals surface area contributed by atoms with Crippen LogP contribution in [0, 0.1) is 0 Å². The average molecular weight is 581 g/mol. The van der Waals surface area contributed by atoms with Crippen molar-refractivity contribution >= 4 is 23.6 Å². The summed E-state index contributed by atoms with van der Waals surface area (Å²) in [6.45, 7) is 4.76. The van der Waals surface area contributed by atoms with Gasteiger partial charge in [0.25, 0.3) is 0 Å². The number of rotatable bonds is 13. The molecule has 0 bridgehead atoms. The van der Waals surface area contributed by atoms with Crippen LogP contribution in [-0.4, -0.2) is 83.1 Å². The summed E-state index contributed by atoms with van der Waals surface area (Å²) in [4.78, 5) is 27.6. The van der Waals surface area contributed by atoms with Crippen LogP contribution < -0.4 is 10.5 Å². The second-order valence-electron chi connectivity index (χ2n) is 10.1. The van der Waals surface area contributed by atoms with E-state index in [1.165, 1.54) is 11.1 Å². The molecule has 9 nitrogen and oxygen atoms in total. The molecule has 218 valence electrons. The number of carboxylic acids is 1. The highest BCUT2D eigenvalue weighted by atomic mass is 35.5. The van der Waals surface area contributed by atoms with Crippen LogP contribution >= 0.6 is 11.6 Å². The zero-order valence-corrected chi connectivity index (χ0v) is 23.7. The number of benzene rings is 3. The lowest BCUT2D eigenvalue weighted by Crippen LogP contribution is -2.48. The highest BCUT2D eigenvalue weighted by Crippen LogP contribution is 2.30. The number of unbranched alkanes of at least 4 members (excludes halogenated alkanes) is 1. The minimum Gasteiger partial charge on any atom is -0.491 e.